The van der Waals surface area contributed by atoms with Crippen LogP contribution < -0.4 is 0 Å². The van der Waals surface area contributed by atoms with Crippen LogP contribution in [0.5, 0.6) is 0 Å². The summed E-state index contributed by atoms with van der Waals surface area (Å²) >= 11 is 0. The molecule has 1 aromatic rings. The molecule has 9 heteroatoms. The van der Waals surface area contributed by atoms with Crippen LogP contribution >= 0.6 is 0 Å². The molecule has 0 aromatic heterocycles. The predicted molar refractivity (Wildman–Crippen MR) is 77.3 cm³/mol. The van der Waals surface area contributed by atoms with Gasteiger partial charge in [0.1, 0.15) is 24.2 Å². The number of amides is 1. The summed E-state index contributed by atoms with van der Waals surface area (Å²) in [5, 5.41) is 7.18. The number of sulfone groups is 1. The summed E-state index contributed by atoms with van der Waals surface area (Å²) in [5.41, 5.74) is 0. The second-order valence-corrected chi connectivity index (χ2v) is 6.84. The van der Waals surface area contributed by atoms with Crippen molar-refractivity contribution in [2.24, 2.45) is 0 Å². The molecule has 0 saturated carbocycles. The van der Waals surface area contributed by atoms with Crippen molar-refractivity contribution < 1.29 is 27.1 Å². The maximum atomic E-state index is 12.9. The lowest BCUT2D eigenvalue weighted by molar-refractivity contribution is -0.146. The highest BCUT2D eigenvalue weighted by Gasteiger charge is 2.33. The van der Waals surface area contributed by atoms with Crippen molar-refractivity contribution in [2.45, 2.75) is 17.1 Å². The number of nitrogens with zero attached hydrogens (tertiary/aromatic N) is 2. The molecule has 0 N–H and O–H groups in total. The molecule has 23 heavy (non-hydrogen) atoms. The zero-order valence-electron chi connectivity index (χ0n) is 12.5. The molecule has 0 aliphatic carbocycles. The fraction of sp³-hybridized carbons (Fsp3) is 0.357. The maximum Gasteiger partial charge on any atom is 0.325 e. The van der Waals surface area contributed by atoms with Crippen molar-refractivity contribution in [1.29, 1.82) is 5.26 Å². The summed E-state index contributed by atoms with van der Waals surface area (Å²) in [4.78, 5) is 24.1. The van der Waals surface area contributed by atoms with Gasteiger partial charge in [-0.1, -0.05) is 0 Å². The number of nitriles is 1. The Balaban J connectivity index is 3.06. The third kappa shape index (κ3) is 4.50. The molecular weight excluding hydrogens is 327 g/mol. The third-order valence-corrected chi connectivity index (χ3v) is 5.14. The molecule has 0 bridgehead atoms. The molecule has 0 radical (unpaired) electrons. The Morgan fingerprint density at radius 3 is 2.39 bits per heavy atom. The van der Waals surface area contributed by atoms with E-state index in [2.05, 4.69) is 4.74 Å². The van der Waals surface area contributed by atoms with Crippen LogP contribution in [0.15, 0.2) is 29.2 Å². The Morgan fingerprint density at radius 2 is 1.91 bits per heavy atom. The first-order chi connectivity index (χ1) is 10.7. The van der Waals surface area contributed by atoms with E-state index in [1.54, 1.807) is 6.07 Å². The van der Waals surface area contributed by atoms with Crippen LogP contribution in [-0.4, -0.2) is 50.6 Å². The molecule has 124 valence electrons. The Morgan fingerprint density at radius 1 is 1.35 bits per heavy atom. The van der Waals surface area contributed by atoms with E-state index in [4.69, 9.17) is 5.26 Å². The van der Waals surface area contributed by atoms with E-state index in [9.17, 15) is 22.4 Å². The average molecular weight is 342 g/mol. The van der Waals surface area contributed by atoms with Gasteiger partial charge in [0, 0.05) is 0 Å². The Kier molecular flexibility index (Phi) is 6.21. The maximum absolute atomic E-state index is 12.9. The summed E-state index contributed by atoms with van der Waals surface area (Å²) in [6, 6.07) is 5.70. The Bertz CT molecular complexity index is 725. The van der Waals surface area contributed by atoms with Crippen LogP contribution in [0, 0.1) is 17.1 Å². The van der Waals surface area contributed by atoms with Gasteiger partial charge in [0.25, 0.3) is 0 Å². The molecule has 1 amide bonds. The molecule has 0 heterocycles. The van der Waals surface area contributed by atoms with Crippen molar-refractivity contribution in [3.63, 3.8) is 0 Å². The first-order valence-electron chi connectivity index (χ1n) is 6.46. The molecule has 0 unspecified atom stereocenters. The molecule has 1 atom stereocenters. The quantitative estimate of drug-likeness (QED) is 0.424. The Labute approximate surface area is 133 Å². The molecule has 0 spiro atoms. The third-order valence-electron chi connectivity index (χ3n) is 3.08. The van der Waals surface area contributed by atoms with E-state index in [1.165, 1.54) is 0 Å². The predicted octanol–water partition coefficient (Wildman–Crippen LogP) is 0.513. The van der Waals surface area contributed by atoms with Crippen LogP contribution in [0.1, 0.15) is 6.92 Å². The van der Waals surface area contributed by atoms with Crippen LogP contribution in [0.25, 0.3) is 0 Å². The number of halogens is 1. The van der Waals surface area contributed by atoms with Crippen molar-refractivity contribution >= 4 is 21.7 Å². The zero-order valence-corrected chi connectivity index (χ0v) is 13.3. The number of hydrogen-bond donors (Lipinski definition) is 0. The number of rotatable bonds is 6. The van der Waals surface area contributed by atoms with Crippen LogP contribution in [0.2, 0.25) is 0 Å². The molecule has 1 rings (SSSR count). The SMILES string of the molecule is COC(=O)CN(CC#N)C(=O)[C@H](C)S(=O)(=O)c1ccc(F)cc1. The number of carbonyl (C=O) groups is 2. The molecule has 0 fully saturated rings. The zero-order chi connectivity index (χ0) is 17.6. The van der Waals surface area contributed by atoms with Crippen LogP contribution in [0.3, 0.4) is 0 Å². The van der Waals surface area contributed by atoms with Gasteiger partial charge in [0.05, 0.1) is 18.1 Å². The van der Waals surface area contributed by atoms with Crippen molar-refractivity contribution in [2.75, 3.05) is 20.2 Å². The number of carbonyl (C=O) groups excluding carboxylic acids is 2. The van der Waals surface area contributed by atoms with E-state index in [1.807, 2.05) is 0 Å². The fourth-order valence-corrected chi connectivity index (χ4v) is 3.07. The van der Waals surface area contributed by atoms with Gasteiger partial charge in [-0.05, 0) is 31.2 Å². The van der Waals surface area contributed by atoms with E-state index in [-0.39, 0.29) is 4.90 Å². The molecular formula is C14H15FN2O5S. The molecule has 1 aromatic carbocycles. The second kappa shape index (κ2) is 7.69. The van der Waals surface area contributed by atoms with E-state index >= 15 is 0 Å². The lowest BCUT2D eigenvalue weighted by atomic mass is 10.3. The molecule has 7 nitrogen and oxygen atoms in total. The summed E-state index contributed by atoms with van der Waals surface area (Å²) in [5.74, 6) is -2.30. The van der Waals surface area contributed by atoms with Crippen molar-refractivity contribution in [3.8, 4) is 6.07 Å². The van der Waals surface area contributed by atoms with Gasteiger partial charge in [0.15, 0.2) is 9.84 Å². The van der Waals surface area contributed by atoms with Crippen molar-refractivity contribution in [3.05, 3.63) is 30.1 Å². The number of benzene rings is 1. The highest BCUT2D eigenvalue weighted by atomic mass is 32.2. The van der Waals surface area contributed by atoms with Crippen LogP contribution in [0.4, 0.5) is 4.39 Å². The smallest absolute Gasteiger partial charge is 0.325 e. The van der Waals surface area contributed by atoms with E-state index in [0.717, 1.165) is 43.2 Å². The molecule has 0 aliphatic heterocycles. The highest BCUT2D eigenvalue weighted by molar-refractivity contribution is 7.92. The normalized spacial score (nSPS) is 12.1. The minimum Gasteiger partial charge on any atom is -0.468 e. The minimum atomic E-state index is -4.08. The molecule has 0 saturated heterocycles. The summed E-state index contributed by atoms with van der Waals surface area (Å²) in [6.07, 6.45) is 0. The second-order valence-electron chi connectivity index (χ2n) is 4.57. The minimum absolute atomic E-state index is 0.227. The number of esters is 1. The number of hydrogen-bond acceptors (Lipinski definition) is 6. The number of methoxy groups -OCH3 is 1. The monoisotopic (exact) mass is 342 g/mol. The van der Waals surface area contributed by atoms with Gasteiger partial charge in [0.2, 0.25) is 5.91 Å². The Hall–Kier alpha value is -2.47. The first-order valence-corrected chi connectivity index (χ1v) is 8.00. The number of ether oxygens (including phenoxy) is 1. The topological polar surface area (TPSA) is 105 Å². The fourth-order valence-electron chi connectivity index (χ4n) is 1.74. The highest BCUT2D eigenvalue weighted by Crippen LogP contribution is 2.18. The van der Waals surface area contributed by atoms with Gasteiger partial charge in [-0.15, -0.1) is 0 Å². The largest absolute Gasteiger partial charge is 0.468 e. The molecule has 0 aliphatic rings. The van der Waals surface area contributed by atoms with Gasteiger partial charge in [-0.3, -0.25) is 9.59 Å². The van der Waals surface area contributed by atoms with Gasteiger partial charge < -0.3 is 9.64 Å². The summed E-state index contributed by atoms with van der Waals surface area (Å²) < 4.78 is 42.1. The van der Waals surface area contributed by atoms with E-state index in [0.29, 0.717) is 0 Å². The van der Waals surface area contributed by atoms with Gasteiger partial charge in [-0.25, -0.2) is 12.8 Å². The summed E-state index contributed by atoms with van der Waals surface area (Å²) in [6.45, 7) is 0.145. The van der Waals surface area contributed by atoms with E-state index < -0.39 is 45.9 Å². The van der Waals surface area contributed by atoms with Gasteiger partial charge in [-0.2, -0.15) is 5.26 Å². The van der Waals surface area contributed by atoms with Crippen molar-refractivity contribution in [1.82, 2.24) is 4.90 Å². The summed E-state index contributed by atoms with van der Waals surface area (Å²) in [7, 11) is -2.97. The van der Waals surface area contributed by atoms with Crippen LogP contribution in [-0.2, 0) is 24.2 Å². The van der Waals surface area contributed by atoms with Gasteiger partial charge >= 0.3 is 5.97 Å². The first kappa shape index (κ1) is 18.6. The average Bonchev–Trinajstić information content (AvgIpc) is 2.53. The standard InChI is InChI=1S/C14H15FN2O5S/c1-10(14(19)17(8-7-16)9-13(18)22-2)23(20,21)12-5-3-11(15)4-6-12/h3-6,10H,8-9H2,1-2H3/t10-/m0/s1. The lowest BCUT2D eigenvalue weighted by Gasteiger charge is -2.22. The lowest BCUT2D eigenvalue weighted by Crippen LogP contribution is -2.44.